The van der Waals surface area contributed by atoms with Crippen molar-refractivity contribution in [2.75, 3.05) is 0 Å². The maximum Gasteiger partial charge on any atom is 0.356 e. The summed E-state index contributed by atoms with van der Waals surface area (Å²) in [6.07, 6.45) is 0. The number of carbonyl (C=O) groups excluding carboxylic acids is 1. The minimum absolute atomic E-state index is 0.572. The fourth-order valence-electron chi connectivity index (χ4n) is 2.65. The third kappa shape index (κ3) is 1.81. The van der Waals surface area contributed by atoms with Crippen LogP contribution in [0, 0.1) is 0 Å². The van der Waals surface area contributed by atoms with E-state index < -0.39 is 6.03 Å². The highest BCUT2D eigenvalue weighted by Crippen LogP contribution is 2.43. The smallest absolute Gasteiger partial charge is 0.350 e. The lowest BCUT2D eigenvalue weighted by Crippen LogP contribution is -2.01. The number of primary amides is 1. The van der Waals surface area contributed by atoms with E-state index in [1.807, 2.05) is 48.5 Å². The fourth-order valence-corrected chi connectivity index (χ4v) is 2.65. The monoisotopic (exact) mass is 289 g/mol. The molecular weight excluding hydrogens is 278 g/mol. The quantitative estimate of drug-likeness (QED) is 0.518. The van der Waals surface area contributed by atoms with Gasteiger partial charge in [0.1, 0.15) is 5.69 Å². The van der Waals surface area contributed by atoms with Crippen LogP contribution >= 0.6 is 0 Å². The largest absolute Gasteiger partial charge is 0.356 e. The van der Waals surface area contributed by atoms with E-state index in [0.29, 0.717) is 5.69 Å². The van der Waals surface area contributed by atoms with Crippen LogP contribution in [0.4, 0.5) is 10.5 Å². The number of carbonyl (C=O) groups is 1. The van der Waals surface area contributed by atoms with Gasteiger partial charge in [-0.25, -0.2) is 9.78 Å². The number of rotatable bonds is 1. The molecule has 106 valence electrons. The maximum atomic E-state index is 10.9. The van der Waals surface area contributed by atoms with Crippen molar-refractivity contribution >= 4 is 33.5 Å². The first-order valence-electron chi connectivity index (χ1n) is 6.74. The Balaban J connectivity index is 2.15. The molecule has 0 radical (unpaired) electrons. The van der Waals surface area contributed by atoms with Crippen LogP contribution < -0.4 is 5.73 Å². The predicted molar refractivity (Wildman–Crippen MR) is 84.3 cm³/mol. The van der Waals surface area contributed by atoms with Crippen molar-refractivity contribution in [3.05, 3.63) is 48.5 Å². The number of hydrogen-bond acceptors (Lipinski definition) is 3. The van der Waals surface area contributed by atoms with E-state index in [4.69, 9.17) is 10.7 Å². The molecular formula is C16H11N5O. The second kappa shape index (κ2) is 4.63. The number of urea groups is 1. The number of benzene rings is 2. The molecule has 0 aromatic heterocycles. The lowest BCUT2D eigenvalue weighted by atomic mass is 10.2. The summed E-state index contributed by atoms with van der Waals surface area (Å²) in [6.45, 7) is 0. The summed E-state index contributed by atoms with van der Waals surface area (Å²) in [5.41, 5.74) is 8.93. The Hall–Kier alpha value is -3.28. The minimum Gasteiger partial charge on any atom is -0.350 e. The molecule has 0 spiro atoms. The number of nitrogens with one attached hydrogen (secondary N) is 1. The molecule has 0 fully saturated rings. The molecule has 4 rings (SSSR count). The molecule has 2 amide bonds. The summed E-state index contributed by atoms with van der Waals surface area (Å²) in [4.78, 5) is 18.9. The van der Waals surface area contributed by atoms with Gasteiger partial charge in [0.2, 0.25) is 0 Å². The zero-order chi connectivity index (χ0) is 15.1. The lowest BCUT2D eigenvalue weighted by molar-refractivity contribution is 0.255. The van der Waals surface area contributed by atoms with Gasteiger partial charge in [0.25, 0.3) is 0 Å². The van der Waals surface area contributed by atoms with Crippen LogP contribution in [-0.2, 0) is 0 Å². The summed E-state index contributed by atoms with van der Waals surface area (Å²) in [7, 11) is 0. The lowest BCUT2D eigenvalue weighted by Gasteiger charge is -2.04. The van der Waals surface area contributed by atoms with E-state index in [1.54, 1.807) is 0 Å². The van der Waals surface area contributed by atoms with Crippen LogP contribution in [0.5, 0.6) is 0 Å². The first-order chi connectivity index (χ1) is 10.7. The zero-order valence-corrected chi connectivity index (χ0v) is 11.4. The number of para-hydroxylation sites is 2. The van der Waals surface area contributed by atoms with Gasteiger partial charge in [-0.3, -0.25) is 0 Å². The predicted octanol–water partition coefficient (Wildman–Crippen LogP) is 3.98. The standard InChI is InChI=1S/C16H11N5O/c17-16(22)21-20-14-10-6-2-1-5-9(10)13-15(14)19-12-8-4-3-7-11(12)18-13/h1-8,19H,(H2,17,22). The van der Waals surface area contributed by atoms with Gasteiger partial charge in [-0.15, -0.1) is 5.11 Å². The highest BCUT2D eigenvalue weighted by atomic mass is 16.2. The zero-order valence-electron chi connectivity index (χ0n) is 11.4. The number of azo groups is 1. The number of nitrogens with two attached hydrogens (primary N) is 1. The maximum absolute atomic E-state index is 10.9. The fraction of sp³-hybridized carbons (Fsp3) is 0. The van der Waals surface area contributed by atoms with Crippen molar-refractivity contribution in [1.82, 2.24) is 9.97 Å². The Kier molecular flexibility index (Phi) is 2.62. The number of aromatic amines is 1. The molecule has 0 atom stereocenters. The number of amides is 2. The molecule has 6 heteroatoms. The van der Waals surface area contributed by atoms with Crippen molar-refractivity contribution in [3.8, 4) is 11.4 Å². The van der Waals surface area contributed by atoms with Crippen LogP contribution in [0.1, 0.15) is 0 Å². The van der Waals surface area contributed by atoms with Crippen LogP contribution in [0.25, 0.3) is 33.2 Å². The molecule has 0 saturated heterocycles. The van der Waals surface area contributed by atoms with Gasteiger partial charge < -0.3 is 10.7 Å². The van der Waals surface area contributed by atoms with E-state index in [9.17, 15) is 4.79 Å². The Morgan fingerprint density at radius 1 is 1.05 bits per heavy atom. The van der Waals surface area contributed by atoms with E-state index in [2.05, 4.69) is 15.2 Å². The highest BCUT2D eigenvalue weighted by Gasteiger charge is 2.20. The van der Waals surface area contributed by atoms with E-state index >= 15 is 0 Å². The van der Waals surface area contributed by atoms with Crippen molar-refractivity contribution in [1.29, 1.82) is 0 Å². The summed E-state index contributed by atoms with van der Waals surface area (Å²) in [5.74, 6) is 0. The Labute approximate surface area is 125 Å². The van der Waals surface area contributed by atoms with Crippen molar-refractivity contribution in [3.63, 3.8) is 0 Å². The van der Waals surface area contributed by atoms with Crippen molar-refractivity contribution < 1.29 is 4.79 Å². The van der Waals surface area contributed by atoms with Crippen LogP contribution in [0.15, 0.2) is 58.8 Å². The number of aromatic nitrogens is 2. The molecule has 0 saturated carbocycles. The molecule has 2 aliphatic rings. The van der Waals surface area contributed by atoms with Gasteiger partial charge in [-0.1, -0.05) is 41.5 Å². The van der Waals surface area contributed by atoms with E-state index in [1.165, 1.54) is 0 Å². The van der Waals surface area contributed by atoms with Crippen LogP contribution in [0.2, 0.25) is 0 Å². The summed E-state index contributed by atoms with van der Waals surface area (Å²) >= 11 is 0. The minimum atomic E-state index is -0.827. The van der Waals surface area contributed by atoms with Gasteiger partial charge in [0, 0.05) is 10.8 Å². The van der Waals surface area contributed by atoms with Crippen molar-refractivity contribution in [2.45, 2.75) is 0 Å². The molecule has 3 N–H and O–H groups in total. The SMILES string of the molecule is NC(=O)N=Nc1c2[nH]c3ccccc3nc-2c2ccccc12. The van der Waals surface area contributed by atoms with E-state index in [-0.39, 0.29) is 0 Å². The number of H-pyrrole nitrogens is 1. The average molecular weight is 289 g/mol. The first kappa shape index (κ1) is 12.5. The number of nitrogens with zero attached hydrogens (tertiary/aromatic N) is 3. The molecule has 1 aliphatic heterocycles. The number of fused-ring (bicyclic) bond motifs is 4. The summed E-state index contributed by atoms with van der Waals surface area (Å²) in [6, 6.07) is 14.7. The summed E-state index contributed by atoms with van der Waals surface area (Å²) in [5, 5.41) is 9.30. The molecule has 1 aliphatic carbocycles. The molecule has 2 aromatic carbocycles. The highest BCUT2D eigenvalue weighted by molar-refractivity contribution is 6.11. The molecule has 2 aromatic rings. The van der Waals surface area contributed by atoms with Gasteiger partial charge >= 0.3 is 6.03 Å². The molecule has 0 bridgehead atoms. The van der Waals surface area contributed by atoms with Crippen LogP contribution in [-0.4, -0.2) is 16.0 Å². The summed E-state index contributed by atoms with van der Waals surface area (Å²) < 4.78 is 0. The van der Waals surface area contributed by atoms with Gasteiger partial charge in [0.15, 0.2) is 0 Å². The van der Waals surface area contributed by atoms with Crippen LogP contribution in [0.3, 0.4) is 0 Å². The Bertz CT molecular complexity index is 1020. The average Bonchev–Trinajstić information content (AvgIpc) is 2.84. The van der Waals surface area contributed by atoms with E-state index in [0.717, 1.165) is 33.2 Å². The van der Waals surface area contributed by atoms with Gasteiger partial charge in [0.05, 0.1) is 22.4 Å². The second-order valence-corrected chi connectivity index (χ2v) is 4.91. The second-order valence-electron chi connectivity index (χ2n) is 4.91. The Morgan fingerprint density at radius 2 is 1.77 bits per heavy atom. The molecule has 0 unspecified atom stereocenters. The molecule has 6 nitrogen and oxygen atoms in total. The third-order valence-electron chi connectivity index (χ3n) is 3.56. The van der Waals surface area contributed by atoms with Gasteiger partial charge in [-0.05, 0) is 12.1 Å². The topological polar surface area (TPSA) is 96.5 Å². The first-order valence-corrected chi connectivity index (χ1v) is 6.74. The molecule has 1 heterocycles. The Morgan fingerprint density at radius 3 is 2.59 bits per heavy atom. The normalized spacial score (nSPS) is 11.8. The number of hydrogen-bond donors (Lipinski definition) is 2. The molecule has 22 heavy (non-hydrogen) atoms. The van der Waals surface area contributed by atoms with Gasteiger partial charge in [-0.2, -0.15) is 0 Å². The third-order valence-corrected chi connectivity index (χ3v) is 3.56. The van der Waals surface area contributed by atoms with Crippen molar-refractivity contribution in [2.24, 2.45) is 16.0 Å².